The van der Waals surface area contributed by atoms with Gasteiger partial charge in [-0.25, -0.2) is 0 Å². The summed E-state index contributed by atoms with van der Waals surface area (Å²) in [5, 5.41) is 14.1. The number of ether oxygens (including phenoxy) is 1. The van der Waals surface area contributed by atoms with Crippen molar-refractivity contribution >= 4 is 36.0 Å². The zero-order valence-corrected chi connectivity index (χ0v) is 19.9. The van der Waals surface area contributed by atoms with E-state index in [0.717, 1.165) is 41.8 Å². The topological polar surface area (TPSA) is 81.5 Å². The molecule has 0 aromatic heterocycles. The molecule has 0 radical (unpaired) electrons. The summed E-state index contributed by atoms with van der Waals surface area (Å²) in [4.78, 5) is 21.7. The van der Waals surface area contributed by atoms with Crippen LogP contribution in [0.5, 0.6) is 0 Å². The molecule has 6 nitrogen and oxygen atoms in total. The van der Waals surface area contributed by atoms with Gasteiger partial charge in [0.15, 0.2) is 0 Å². The van der Waals surface area contributed by atoms with E-state index in [4.69, 9.17) is 4.74 Å². The largest absolute Gasteiger partial charge is 0.466 e. The summed E-state index contributed by atoms with van der Waals surface area (Å²) in [6.07, 6.45) is 9.29. The number of nitro benzene ring substituents is 1. The van der Waals surface area contributed by atoms with Gasteiger partial charge in [-0.15, -0.1) is 0 Å². The number of carbonyl (C=O) groups excluding carboxylic acids is 1. The first-order valence-electron chi connectivity index (χ1n) is 11.7. The predicted molar refractivity (Wildman–Crippen MR) is 141 cm³/mol. The number of nitrogens with zero attached hydrogens (tertiary/aromatic N) is 1. The van der Waals surface area contributed by atoms with Crippen molar-refractivity contribution in [3.05, 3.63) is 111 Å². The molecule has 0 aliphatic rings. The third-order valence-electron chi connectivity index (χ3n) is 5.33. The lowest BCUT2D eigenvalue weighted by atomic mass is 10.1. The van der Waals surface area contributed by atoms with Crippen LogP contribution in [0.3, 0.4) is 0 Å². The molecule has 0 fully saturated rings. The number of hydrogen-bond acceptors (Lipinski definition) is 5. The summed E-state index contributed by atoms with van der Waals surface area (Å²) in [7, 11) is 0. The molecule has 0 saturated carbocycles. The van der Waals surface area contributed by atoms with E-state index in [-0.39, 0.29) is 11.7 Å². The van der Waals surface area contributed by atoms with Gasteiger partial charge in [-0.1, -0.05) is 72.8 Å². The number of non-ortho nitro benzene ring substituents is 1. The van der Waals surface area contributed by atoms with Crippen molar-refractivity contribution in [2.75, 3.05) is 13.2 Å². The number of nitro groups is 1. The van der Waals surface area contributed by atoms with E-state index >= 15 is 0 Å². The summed E-state index contributed by atoms with van der Waals surface area (Å²) in [6.45, 7) is 3.79. The van der Waals surface area contributed by atoms with Crippen molar-refractivity contribution in [2.45, 2.75) is 26.3 Å². The van der Waals surface area contributed by atoms with Gasteiger partial charge in [0.05, 0.1) is 11.5 Å². The normalized spacial score (nSPS) is 11.2. The van der Waals surface area contributed by atoms with Gasteiger partial charge in [0.25, 0.3) is 5.69 Å². The molecule has 0 amide bonds. The lowest BCUT2D eigenvalue weighted by molar-refractivity contribution is -0.384. The maximum atomic E-state index is 11.3. The minimum absolute atomic E-state index is 0.0902. The number of benzene rings is 3. The molecule has 35 heavy (non-hydrogen) atoms. The number of nitrogens with one attached hydrogen (secondary N) is 1. The molecule has 0 atom stereocenters. The smallest absolute Gasteiger partial charge is 0.305 e. The Bertz CT molecular complexity index is 1150. The molecular weight excluding hydrogens is 440 g/mol. The van der Waals surface area contributed by atoms with Crippen LogP contribution in [0.25, 0.3) is 24.3 Å². The molecule has 0 aliphatic carbocycles. The van der Waals surface area contributed by atoms with Crippen LogP contribution in [0.1, 0.15) is 47.6 Å². The molecule has 0 heterocycles. The van der Waals surface area contributed by atoms with Crippen LogP contribution in [0.4, 0.5) is 5.69 Å². The van der Waals surface area contributed by atoms with Crippen LogP contribution in [-0.4, -0.2) is 24.0 Å². The first-order valence-corrected chi connectivity index (χ1v) is 11.7. The van der Waals surface area contributed by atoms with E-state index in [9.17, 15) is 14.9 Å². The van der Waals surface area contributed by atoms with E-state index in [0.29, 0.717) is 13.0 Å². The highest BCUT2D eigenvalue weighted by molar-refractivity contribution is 5.73. The minimum Gasteiger partial charge on any atom is -0.466 e. The van der Waals surface area contributed by atoms with Crippen LogP contribution in [0, 0.1) is 10.1 Å². The molecule has 6 heteroatoms. The fraction of sp³-hybridized carbons (Fsp3) is 0.207. The Morgan fingerprint density at radius 2 is 1.29 bits per heavy atom. The summed E-state index contributed by atoms with van der Waals surface area (Å²) in [5.41, 5.74) is 5.48. The number of rotatable bonds is 12. The van der Waals surface area contributed by atoms with Crippen molar-refractivity contribution in [3.8, 4) is 0 Å². The quantitative estimate of drug-likeness (QED) is 0.109. The molecular formula is C29H30N2O4. The Morgan fingerprint density at radius 3 is 1.74 bits per heavy atom. The summed E-state index contributed by atoms with van der Waals surface area (Å²) < 4.78 is 4.92. The van der Waals surface area contributed by atoms with Crippen molar-refractivity contribution in [3.63, 3.8) is 0 Å². The summed E-state index contributed by atoms with van der Waals surface area (Å²) in [6, 6.07) is 23.1. The Morgan fingerprint density at radius 1 is 0.829 bits per heavy atom. The molecule has 0 spiro atoms. The minimum atomic E-state index is -0.399. The third-order valence-corrected chi connectivity index (χ3v) is 5.33. The maximum absolute atomic E-state index is 11.3. The second-order valence-corrected chi connectivity index (χ2v) is 8.01. The van der Waals surface area contributed by atoms with Gasteiger partial charge in [-0.05, 0) is 59.8 Å². The molecule has 180 valence electrons. The fourth-order valence-corrected chi connectivity index (χ4v) is 3.38. The van der Waals surface area contributed by atoms with Crippen LogP contribution >= 0.6 is 0 Å². The summed E-state index contributed by atoms with van der Waals surface area (Å²) >= 11 is 0. The predicted octanol–water partition coefficient (Wildman–Crippen LogP) is 6.37. The highest BCUT2D eigenvalue weighted by atomic mass is 16.6. The molecule has 1 N–H and O–H groups in total. The van der Waals surface area contributed by atoms with Crippen LogP contribution in [0.15, 0.2) is 72.8 Å². The molecule has 3 rings (SSSR count). The van der Waals surface area contributed by atoms with E-state index < -0.39 is 4.92 Å². The lowest BCUT2D eigenvalue weighted by Crippen LogP contribution is -2.16. The maximum Gasteiger partial charge on any atom is 0.305 e. The first kappa shape index (κ1) is 25.6. The average Bonchev–Trinajstić information content (AvgIpc) is 2.88. The Labute approximate surface area is 206 Å². The highest BCUT2D eigenvalue weighted by Crippen LogP contribution is 2.16. The van der Waals surface area contributed by atoms with Crippen LogP contribution < -0.4 is 5.32 Å². The molecule has 3 aromatic carbocycles. The van der Waals surface area contributed by atoms with Gasteiger partial charge < -0.3 is 10.1 Å². The molecule has 3 aromatic rings. The molecule has 0 unspecified atom stereocenters. The van der Waals surface area contributed by atoms with Gasteiger partial charge in [-0.3, -0.25) is 14.9 Å². The lowest BCUT2D eigenvalue weighted by Gasteiger charge is -2.05. The molecule has 0 bridgehead atoms. The zero-order chi connectivity index (χ0) is 24.9. The Hall–Kier alpha value is -4.03. The van der Waals surface area contributed by atoms with Crippen molar-refractivity contribution < 1.29 is 14.5 Å². The van der Waals surface area contributed by atoms with Gasteiger partial charge in [0.2, 0.25) is 0 Å². The van der Waals surface area contributed by atoms with Crippen LogP contribution in [-0.2, 0) is 16.1 Å². The van der Waals surface area contributed by atoms with Gasteiger partial charge >= 0.3 is 5.97 Å². The molecule has 0 saturated heterocycles. The van der Waals surface area contributed by atoms with Gasteiger partial charge in [0, 0.05) is 25.1 Å². The van der Waals surface area contributed by atoms with Gasteiger partial charge in [0.1, 0.15) is 0 Å². The third kappa shape index (κ3) is 9.02. The van der Waals surface area contributed by atoms with E-state index in [1.807, 2.05) is 31.2 Å². The fourth-order valence-electron chi connectivity index (χ4n) is 3.38. The van der Waals surface area contributed by atoms with Crippen molar-refractivity contribution in [2.24, 2.45) is 0 Å². The Kier molecular flexibility index (Phi) is 9.96. The summed E-state index contributed by atoms with van der Waals surface area (Å²) in [5.74, 6) is -0.140. The van der Waals surface area contributed by atoms with Crippen molar-refractivity contribution in [1.82, 2.24) is 5.32 Å². The molecule has 0 aliphatic heterocycles. The second-order valence-electron chi connectivity index (χ2n) is 8.01. The SMILES string of the molecule is CCOC(=O)CCCNCc1ccc(/C=C/c2ccc(/C=C/c3ccc([N+](=O)[O-])cc3)cc2)cc1. The zero-order valence-electron chi connectivity index (χ0n) is 19.9. The standard InChI is InChI=1S/C29H30N2O4/c1-2-35-29(32)4-3-21-30-22-27-15-13-25(14-16-27)10-9-23-5-7-24(8-6-23)11-12-26-17-19-28(20-18-26)31(33)34/h5-20,30H,2-4,21-22H2,1H3/b10-9+,12-11+. The number of carbonyl (C=O) groups is 1. The number of esters is 1. The highest BCUT2D eigenvalue weighted by Gasteiger charge is 2.02. The van der Waals surface area contributed by atoms with E-state index in [1.165, 1.54) is 17.7 Å². The second kappa shape index (κ2) is 13.6. The first-order chi connectivity index (χ1) is 17.0. The van der Waals surface area contributed by atoms with Gasteiger partial charge in [-0.2, -0.15) is 0 Å². The Balaban J connectivity index is 1.44. The van der Waals surface area contributed by atoms with Crippen LogP contribution in [0.2, 0.25) is 0 Å². The van der Waals surface area contributed by atoms with E-state index in [1.54, 1.807) is 12.1 Å². The average molecular weight is 471 g/mol. The monoisotopic (exact) mass is 470 g/mol. The van der Waals surface area contributed by atoms with E-state index in [2.05, 4.69) is 53.9 Å². The number of hydrogen-bond donors (Lipinski definition) is 1. The van der Waals surface area contributed by atoms with Crippen molar-refractivity contribution in [1.29, 1.82) is 0 Å².